The molecule has 0 aliphatic carbocycles. The molecule has 3 nitrogen and oxygen atoms in total. The van der Waals surface area contributed by atoms with Crippen LogP contribution in [0.25, 0.3) is 0 Å². The first-order chi connectivity index (χ1) is 11.7. The van der Waals surface area contributed by atoms with Crippen LogP contribution < -0.4 is 0 Å². The second kappa shape index (κ2) is 7.22. The summed E-state index contributed by atoms with van der Waals surface area (Å²) in [5.74, 6) is 0. The Kier molecular flexibility index (Phi) is 5.01. The number of aromatic nitrogens is 2. The van der Waals surface area contributed by atoms with Gasteiger partial charge in [-0.25, -0.2) is 4.98 Å². The summed E-state index contributed by atoms with van der Waals surface area (Å²) in [5.41, 5.74) is 2.29. The number of benzene rings is 1. The highest BCUT2D eigenvalue weighted by molar-refractivity contribution is 9.10. The van der Waals surface area contributed by atoms with Crippen molar-refractivity contribution < 1.29 is 4.74 Å². The molecule has 0 saturated heterocycles. The SMILES string of the molecule is Clc1sccc1CO[C@@H]1c2cc(Br)ccc2S[C@@H]1Cn1ccnc1. The van der Waals surface area contributed by atoms with Crippen LogP contribution in [-0.2, 0) is 17.9 Å². The van der Waals surface area contributed by atoms with Crippen LogP contribution in [0.1, 0.15) is 17.2 Å². The summed E-state index contributed by atoms with van der Waals surface area (Å²) in [7, 11) is 0. The van der Waals surface area contributed by atoms with Gasteiger partial charge in [0.25, 0.3) is 0 Å². The normalized spacial score (nSPS) is 19.6. The van der Waals surface area contributed by atoms with Crippen molar-refractivity contribution in [2.24, 2.45) is 0 Å². The number of hydrogen-bond donors (Lipinski definition) is 0. The largest absolute Gasteiger partial charge is 0.367 e. The first-order valence-corrected chi connectivity index (χ1v) is 10.4. The lowest BCUT2D eigenvalue weighted by Crippen LogP contribution is -2.19. The molecule has 0 amide bonds. The Hall–Kier alpha value is -0.790. The summed E-state index contributed by atoms with van der Waals surface area (Å²) < 4.78 is 10.3. The molecule has 3 aromatic rings. The topological polar surface area (TPSA) is 27.1 Å². The van der Waals surface area contributed by atoms with Crippen LogP contribution in [0.3, 0.4) is 0 Å². The number of fused-ring (bicyclic) bond motifs is 1. The van der Waals surface area contributed by atoms with Gasteiger partial charge in [0.15, 0.2) is 0 Å². The zero-order valence-electron chi connectivity index (χ0n) is 12.6. The first-order valence-electron chi connectivity index (χ1n) is 7.46. The Bertz CT molecular complexity index is 837. The third kappa shape index (κ3) is 3.44. The van der Waals surface area contributed by atoms with E-state index in [1.54, 1.807) is 0 Å². The summed E-state index contributed by atoms with van der Waals surface area (Å²) in [6.45, 7) is 1.39. The zero-order valence-corrected chi connectivity index (χ0v) is 16.5. The number of rotatable bonds is 5. The highest BCUT2D eigenvalue weighted by Gasteiger charge is 2.34. The number of imidazole rings is 1. The van der Waals surface area contributed by atoms with Gasteiger partial charge in [0.1, 0.15) is 0 Å². The molecule has 0 bridgehead atoms. The van der Waals surface area contributed by atoms with Crippen molar-refractivity contribution in [3.63, 3.8) is 0 Å². The molecule has 0 fully saturated rings. The van der Waals surface area contributed by atoms with Crippen LogP contribution in [-0.4, -0.2) is 14.8 Å². The average molecular weight is 442 g/mol. The minimum atomic E-state index is 0.0286. The third-order valence-corrected chi connectivity index (χ3v) is 7.03. The molecule has 2 atom stereocenters. The second-order valence-electron chi connectivity index (χ2n) is 5.55. The van der Waals surface area contributed by atoms with E-state index >= 15 is 0 Å². The van der Waals surface area contributed by atoms with Gasteiger partial charge in [-0.3, -0.25) is 0 Å². The number of ether oxygens (including phenoxy) is 1. The van der Waals surface area contributed by atoms with Crippen molar-refractivity contribution in [3.05, 3.63) is 68.3 Å². The maximum Gasteiger partial charge on any atom is 0.0983 e. The van der Waals surface area contributed by atoms with Crippen LogP contribution in [0.4, 0.5) is 0 Å². The second-order valence-corrected chi connectivity index (χ2v) is 9.26. The molecule has 7 heteroatoms. The molecule has 3 heterocycles. The van der Waals surface area contributed by atoms with Crippen LogP contribution in [0.15, 0.2) is 57.7 Å². The number of nitrogens with zero attached hydrogens (tertiary/aromatic N) is 2. The molecule has 0 N–H and O–H groups in total. The molecule has 0 saturated carbocycles. The molecule has 2 aromatic heterocycles. The van der Waals surface area contributed by atoms with Crippen LogP contribution in [0.5, 0.6) is 0 Å². The smallest absolute Gasteiger partial charge is 0.0983 e. The Balaban J connectivity index is 1.58. The van der Waals surface area contributed by atoms with Crippen LogP contribution >= 0.6 is 50.6 Å². The van der Waals surface area contributed by atoms with Crippen molar-refractivity contribution in [1.29, 1.82) is 0 Å². The fourth-order valence-corrected chi connectivity index (χ4v) is 5.47. The predicted octanol–water partition coefficient (Wildman–Crippen LogP) is 5.79. The van der Waals surface area contributed by atoms with E-state index in [0.29, 0.717) is 11.9 Å². The molecule has 24 heavy (non-hydrogen) atoms. The fraction of sp³-hybridized carbons (Fsp3) is 0.235. The molecule has 1 aliphatic heterocycles. The van der Waals surface area contributed by atoms with E-state index in [-0.39, 0.29) is 6.10 Å². The van der Waals surface area contributed by atoms with Crippen molar-refractivity contribution >= 4 is 50.6 Å². The molecular weight excluding hydrogens is 428 g/mol. The minimum absolute atomic E-state index is 0.0286. The monoisotopic (exact) mass is 440 g/mol. The van der Waals surface area contributed by atoms with Crippen molar-refractivity contribution in [2.75, 3.05) is 0 Å². The number of hydrogen-bond acceptors (Lipinski definition) is 4. The summed E-state index contributed by atoms with van der Waals surface area (Å²) in [5, 5.41) is 2.30. The third-order valence-electron chi connectivity index (χ3n) is 3.96. The van der Waals surface area contributed by atoms with Gasteiger partial charge < -0.3 is 9.30 Å². The summed E-state index contributed by atoms with van der Waals surface area (Å²) >= 11 is 13.2. The highest BCUT2D eigenvalue weighted by Crippen LogP contribution is 2.48. The first kappa shape index (κ1) is 16.7. The zero-order chi connectivity index (χ0) is 16.5. The van der Waals surface area contributed by atoms with Gasteiger partial charge in [-0.1, -0.05) is 27.5 Å². The summed E-state index contributed by atoms with van der Waals surface area (Å²) in [4.78, 5) is 5.42. The molecular formula is C17H14BrClN2OS2. The molecule has 1 aromatic carbocycles. The summed E-state index contributed by atoms with van der Waals surface area (Å²) in [6, 6.07) is 8.43. The van der Waals surface area contributed by atoms with Crippen molar-refractivity contribution in [2.45, 2.75) is 29.4 Å². The highest BCUT2D eigenvalue weighted by atomic mass is 79.9. The van der Waals surface area contributed by atoms with Gasteiger partial charge >= 0.3 is 0 Å². The van der Waals surface area contributed by atoms with Gasteiger partial charge in [0.05, 0.1) is 28.6 Å². The van der Waals surface area contributed by atoms with E-state index in [9.17, 15) is 0 Å². The standard InChI is InChI=1S/C17H14BrClN2OS2/c18-12-1-2-14-13(7-12)16(22-9-11-3-6-23-17(11)19)15(24-14)8-21-5-4-20-10-21/h1-7,10,15-16H,8-9H2/t15-,16-/m1/s1. The molecule has 0 spiro atoms. The van der Waals surface area contributed by atoms with Crippen LogP contribution in [0.2, 0.25) is 4.34 Å². The van der Waals surface area contributed by atoms with Gasteiger partial charge in [0, 0.05) is 33.9 Å². The Morgan fingerprint density at radius 1 is 1.33 bits per heavy atom. The van der Waals surface area contributed by atoms with Gasteiger partial charge in [-0.05, 0) is 35.2 Å². The molecule has 124 valence electrons. The summed E-state index contributed by atoms with van der Waals surface area (Å²) in [6.07, 6.45) is 5.68. The van der Waals surface area contributed by atoms with E-state index in [1.807, 2.05) is 41.9 Å². The van der Waals surface area contributed by atoms with Crippen molar-refractivity contribution in [1.82, 2.24) is 9.55 Å². The van der Waals surface area contributed by atoms with Crippen LogP contribution in [0, 0.1) is 0 Å². The predicted molar refractivity (Wildman–Crippen MR) is 103 cm³/mol. The number of halogens is 2. The van der Waals surface area contributed by atoms with Crippen molar-refractivity contribution in [3.8, 4) is 0 Å². The van der Waals surface area contributed by atoms with E-state index < -0.39 is 0 Å². The van der Waals surface area contributed by atoms with E-state index in [1.165, 1.54) is 21.8 Å². The van der Waals surface area contributed by atoms with E-state index in [0.717, 1.165) is 20.9 Å². The van der Waals surface area contributed by atoms with E-state index in [4.69, 9.17) is 16.3 Å². The van der Waals surface area contributed by atoms with E-state index in [2.05, 4.69) is 43.7 Å². The maximum absolute atomic E-state index is 6.32. The van der Waals surface area contributed by atoms with Gasteiger partial charge in [-0.15, -0.1) is 23.1 Å². The number of thioether (sulfide) groups is 1. The van der Waals surface area contributed by atoms with Gasteiger partial charge in [0.2, 0.25) is 0 Å². The Labute approximate surface area is 162 Å². The lowest BCUT2D eigenvalue weighted by molar-refractivity contribution is 0.0369. The lowest BCUT2D eigenvalue weighted by Gasteiger charge is -2.21. The molecule has 1 aliphatic rings. The fourth-order valence-electron chi connectivity index (χ4n) is 2.81. The maximum atomic E-state index is 6.32. The molecule has 0 radical (unpaired) electrons. The average Bonchev–Trinajstić information content (AvgIpc) is 3.27. The Morgan fingerprint density at radius 3 is 3.00 bits per heavy atom. The molecule has 4 rings (SSSR count). The lowest BCUT2D eigenvalue weighted by atomic mass is 10.1. The molecule has 0 unspecified atom stereocenters. The van der Waals surface area contributed by atoms with Gasteiger partial charge in [-0.2, -0.15) is 0 Å². The Morgan fingerprint density at radius 2 is 2.25 bits per heavy atom. The quantitative estimate of drug-likeness (QED) is 0.501. The minimum Gasteiger partial charge on any atom is -0.367 e. The number of thiophene rings is 1.